The summed E-state index contributed by atoms with van der Waals surface area (Å²) < 4.78 is 33.6. The van der Waals surface area contributed by atoms with Crippen LogP contribution in [0.4, 0.5) is 0 Å². The summed E-state index contributed by atoms with van der Waals surface area (Å²) in [6, 6.07) is 16.6. The minimum atomic E-state index is -3.73. The van der Waals surface area contributed by atoms with Gasteiger partial charge in [0.25, 0.3) is 5.60 Å². The van der Waals surface area contributed by atoms with Crippen molar-refractivity contribution in [1.82, 2.24) is 4.31 Å². The van der Waals surface area contributed by atoms with Gasteiger partial charge in [0.05, 0.1) is 18.4 Å². The third-order valence-electron chi connectivity index (χ3n) is 5.40. The molecule has 0 heterocycles. The van der Waals surface area contributed by atoms with Crippen LogP contribution in [0.2, 0.25) is 0 Å². The van der Waals surface area contributed by atoms with Gasteiger partial charge in [0.1, 0.15) is 0 Å². The molecule has 3 rings (SSSR count). The molecule has 193 valence electrons. The second kappa shape index (κ2) is 15.2. The average Bonchev–Trinajstić information content (AvgIpc) is 3.26. The third-order valence-corrected chi connectivity index (χ3v) is 7.23. The van der Waals surface area contributed by atoms with E-state index in [0.29, 0.717) is 0 Å². The molecule has 0 amide bonds. The molecule has 2 aromatic carbocycles. The second-order valence-corrected chi connectivity index (χ2v) is 17.9. The van der Waals surface area contributed by atoms with Crippen molar-refractivity contribution >= 4 is 50.0 Å². The fourth-order valence-corrected chi connectivity index (χ4v) is 5.04. The van der Waals surface area contributed by atoms with Gasteiger partial charge in [-0.3, -0.25) is 0 Å². The van der Waals surface area contributed by atoms with Crippen molar-refractivity contribution in [3.8, 4) is 11.8 Å². The molecule has 0 radical (unpaired) electrons. The van der Waals surface area contributed by atoms with Crippen LogP contribution in [0.3, 0.4) is 0 Å². The molecule has 10 heteroatoms. The van der Waals surface area contributed by atoms with Crippen LogP contribution in [0.25, 0.3) is 6.08 Å². The molecular weight excluding hydrogens is 577 g/mol. The van der Waals surface area contributed by atoms with E-state index in [0.717, 1.165) is 36.8 Å². The van der Waals surface area contributed by atoms with E-state index >= 15 is 0 Å². The predicted octanol–water partition coefficient (Wildman–Crippen LogP) is 6.62. The Morgan fingerprint density at radius 2 is 1.69 bits per heavy atom. The number of esters is 1. The number of carbonyl (C=O) groups excluding carboxylic acids is 1. The van der Waals surface area contributed by atoms with Gasteiger partial charge < -0.3 is 9.53 Å². The molecule has 0 saturated heterocycles. The number of ether oxygens (including phenoxy) is 1. The molecule has 2 aromatic rings. The third kappa shape index (κ3) is 10.6. The molecule has 1 fully saturated rings. The zero-order valence-corrected chi connectivity index (χ0v) is 24.9. The van der Waals surface area contributed by atoms with Crippen molar-refractivity contribution in [2.45, 2.75) is 50.0 Å². The summed E-state index contributed by atoms with van der Waals surface area (Å²) in [5.41, 5.74) is 1.26. The van der Waals surface area contributed by atoms with Crippen LogP contribution >= 0.6 is 27.9 Å². The van der Waals surface area contributed by atoms with Gasteiger partial charge in [-0.05, 0) is 43.4 Å². The van der Waals surface area contributed by atoms with E-state index in [1.54, 1.807) is 24.3 Å². The summed E-state index contributed by atoms with van der Waals surface area (Å²) in [6.45, 7) is 3.64. The van der Waals surface area contributed by atoms with E-state index in [2.05, 4.69) is 11.8 Å². The van der Waals surface area contributed by atoms with E-state index < -0.39 is 30.3 Å². The van der Waals surface area contributed by atoms with Gasteiger partial charge in [0.15, 0.2) is 0 Å². The summed E-state index contributed by atoms with van der Waals surface area (Å²) in [5.74, 6) is 6.02. The number of halogens is 3. The zero-order valence-electron chi connectivity index (χ0n) is 20.3. The fraction of sp³-hybridized carbons (Fsp3) is 0.346. The van der Waals surface area contributed by atoms with Crippen LogP contribution in [0.15, 0.2) is 65.6 Å². The van der Waals surface area contributed by atoms with Crippen molar-refractivity contribution in [2.24, 2.45) is 0 Å². The molecule has 0 spiro atoms. The van der Waals surface area contributed by atoms with Crippen LogP contribution in [-0.2, 0) is 29.4 Å². The quantitative estimate of drug-likeness (QED) is 0.154. The number of rotatable bonds is 7. The van der Waals surface area contributed by atoms with E-state index in [1.807, 2.05) is 49.4 Å². The molecule has 1 aliphatic carbocycles. The van der Waals surface area contributed by atoms with Crippen molar-refractivity contribution in [3.63, 3.8) is 0 Å². The zero-order chi connectivity index (χ0) is 26.6. The van der Waals surface area contributed by atoms with Gasteiger partial charge in [-0.15, -0.1) is 0 Å². The second-order valence-electron chi connectivity index (χ2n) is 8.26. The van der Waals surface area contributed by atoms with Gasteiger partial charge in [0.2, 0.25) is 10.0 Å². The van der Waals surface area contributed by atoms with Gasteiger partial charge >= 0.3 is 48.6 Å². The molecule has 1 aliphatic rings. The van der Waals surface area contributed by atoms with E-state index in [-0.39, 0.29) is 24.0 Å². The van der Waals surface area contributed by atoms with Crippen molar-refractivity contribution < 1.29 is 32.6 Å². The van der Waals surface area contributed by atoms with Crippen molar-refractivity contribution in [3.05, 3.63) is 71.8 Å². The maximum absolute atomic E-state index is 13.3. The first-order valence-corrected chi connectivity index (χ1v) is 19.3. The van der Waals surface area contributed by atoms with Crippen molar-refractivity contribution in [1.29, 1.82) is 0 Å². The normalized spacial score (nSPS) is 14.5. The number of sulfonamides is 1. The van der Waals surface area contributed by atoms with Crippen LogP contribution < -0.4 is 0 Å². The van der Waals surface area contributed by atoms with Crippen LogP contribution in [0.1, 0.15) is 43.7 Å². The van der Waals surface area contributed by atoms with Gasteiger partial charge in [0, 0.05) is 19.4 Å². The molecule has 1 saturated carbocycles. The number of aryl methyl sites for hydroxylation is 1. The Morgan fingerprint density at radius 1 is 1.11 bits per heavy atom. The first-order valence-electron chi connectivity index (χ1n) is 11.4. The van der Waals surface area contributed by atoms with E-state index in [4.69, 9.17) is 32.7 Å². The monoisotopic (exact) mass is 605 g/mol. The molecule has 36 heavy (non-hydrogen) atoms. The molecule has 0 aliphatic heterocycles. The Bertz CT molecular complexity index is 1170. The first-order chi connectivity index (χ1) is 17.0. The van der Waals surface area contributed by atoms with Crippen LogP contribution in [0.5, 0.6) is 0 Å². The summed E-state index contributed by atoms with van der Waals surface area (Å²) in [7, 11) is 11.2. The molecular formula is C26H30Cl3NO4STi+. The number of hydrogen-bond acceptors (Lipinski definition) is 3. The van der Waals surface area contributed by atoms with Gasteiger partial charge in [-0.1, -0.05) is 66.1 Å². The predicted molar refractivity (Wildman–Crippen MR) is 146 cm³/mol. The van der Waals surface area contributed by atoms with Crippen molar-refractivity contribution in [2.75, 3.05) is 13.1 Å². The average molecular weight is 607 g/mol. The summed E-state index contributed by atoms with van der Waals surface area (Å²) in [5, 5.41) is 0. The van der Waals surface area contributed by atoms with E-state index in [9.17, 15) is 13.2 Å². The standard InChI is InChI=1S/C26H29NO4S.3ClH.Ti/c1-22-13-15-25(16-14-22)32(29,30)27(20-8-12-24-10-4-3-5-11-24)21-9-19-26(31-23(2)28)17-6-7-18-26;;;;/h3-5,8,10-16H,6-7,17-18,20-21H2,1-2H3;3*1H;/q;;;;+3/p-2/b12-8+;;;;. The summed E-state index contributed by atoms with van der Waals surface area (Å²) in [6.07, 6.45) is 7.10. The Hall–Kier alpha value is -1.30. The Labute approximate surface area is 232 Å². The Morgan fingerprint density at radius 3 is 2.25 bits per heavy atom. The summed E-state index contributed by atoms with van der Waals surface area (Å²) >= 11 is -1.92. The van der Waals surface area contributed by atoms with E-state index in [1.165, 1.54) is 11.2 Å². The van der Waals surface area contributed by atoms with Gasteiger partial charge in [-0.25, -0.2) is 8.42 Å². The van der Waals surface area contributed by atoms with Gasteiger partial charge in [-0.2, -0.15) is 4.31 Å². The Balaban J connectivity index is 0.00000106. The molecule has 5 nitrogen and oxygen atoms in total. The molecule has 0 aromatic heterocycles. The molecule has 0 unspecified atom stereocenters. The number of benzene rings is 2. The van der Waals surface area contributed by atoms with Crippen LogP contribution in [0, 0.1) is 18.8 Å². The first kappa shape index (κ1) is 30.9. The SMILES string of the molecule is CC(=[OH+])OC1(C#CCN(C/C=C/c2ccccc2)S(=O)(=O)c2ccc(C)cc2)CCCC1.[Cl][Ti]([Cl])[Cl]. The summed E-state index contributed by atoms with van der Waals surface area (Å²) in [4.78, 5) is 9.86. The molecule has 0 bridgehead atoms. The fourth-order valence-electron chi connectivity index (χ4n) is 3.75. The topological polar surface area (TPSA) is 68.0 Å². The molecule has 1 N–H and O–H groups in total. The van der Waals surface area contributed by atoms with Crippen LogP contribution in [-0.4, -0.2) is 42.2 Å². The minimum absolute atomic E-state index is 0.0327. The number of nitrogens with zero attached hydrogens (tertiary/aromatic N) is 1. The molecule has 0 atom stereocenters. The number of hydrogen-bond donors (Lipinski definition) is 0. The Kier molecular flexibility index (Phi) is 13.1. The maximum atomic E-state index is 13.3.